The Morgan fingerprint density at radius 1 is 0.445 bits per heavy atom. The lowest BCUT2D eigenvalue weighted by Gasteiger charge is -2.22. The van der Waals surface area contributed by atoms with E-state index in [1.807, 2.05) is 81.0 Å². The number of hydrogen-bond acceptors (Lipinski definition) is 10. The number of amides is 1. The third-order valence-corrected chi connectivity index (χ3v) is 25.5. The first-order valence-electron chi connectivity index (χ1n) is 48.6. The van der Waals surface area contributed by atoms with Crippen molar-refractivity contribution in [1.82, 2.24) is 38.5 Å². The molecule has 2 aliphatic rings. The molecule has 17 rings (SSSR count). The highest BCUT2D eigenvalue weighted by Gasteiger charge is 2.32. The first-order chi connectivity index (χ1) is 63.9. The van der Waals surface area contributed by atoms with Gasteiger partial charge in [-0.2, -0.15) is 0 Å². The minimum atomic E-state index is -0.256. The van der Waals surface area contributed by atoms with E-state index in [4.69, 9.17) is 9.47 Å². The minimum Gasteiger partial charge on any atom is -0.462 e. The van der Waals surface area contributed by atoms with Gasteiger partial charge in [0.2, 0.25) is 11.8 Å². The molecule has 0 saturated carbocycles. The normalized spacial score (nSPS) is 12.9. The van der Waals surface area contributed by atoms with Crippen molar-refractivity contribution in [2.75, 3.05) is 64.1 Å². The monoisotopic (exact) mass is 1850 g/mol. The zero-order valence-electron chi connectivity index (χ0n) is 88.3. The number of H-pyrrole nitrogens is 2. The number of anilines is 2. The number of benzene rings is 9. The second-order valence-corrected chi connectivity index (χ2v) is 45.4. The van der Waals surface area contributed by atoms with Gasteiger partial charge in [0, 0.05) is 133 Å². The van der Waals surface area contributed by atoms with Gasteiger partial charge < -0.3 is 49.4 Å². The topological polar surface area (TPSA) is 194 Å². The SMILES string of the molecule is CC(=O)n1ccc2ccc(C(C)(C)C)cc21.CC(C)(C)c1ccc2c(c1)NCC2.CC(C)(C)c1ccc2c(c1)NCC2(C)C.CC(C)(C)c1ccc2ccn(Cc3ccccc3)c2c1.CCOC(=O)c1c(C(C)(C)C)ccc2cc[nH]c12.CCOC(=O)c1cc(C(C)(C)C)cc2[nH]ccc12.CNCC(=O)N(C)CC(=O)n1ccc2ccc(C(C)(C)C)cc21.Cn1ccc2ccc(C(C)(C)C)cc21. The molecule has 0 radical (unpaired) electrons. The second-order valence-electron chi connectivity index (χ2n) is 45.4. The van der Waals surface area contributed by atoms with Crippen LogP contribution in [-0.2, 0) is 83.0 Å². The number of carbonyl (C=O) groups excluding carboxylic acids is 5. The van der Waals surface area contributed by atoms with Gasteiger partial charge in [-0.3, -0.25) is 23.5 Å². The number of rotatable bonds is 10. The lowest BCUT2D eigenvalue weighted by atomic mass is 9.82. The maximum absolute atomic E-state index is 12.5. The van der Waals surface area contributed by atoms with Crippen LogP contribution in [0.4, 0.5) is 11.4 Å². The Hall–Kier alpha value is -12.5. The molecule has 15 aromatic rings. The van der Waals surface area contributed by atoms with Gasteiger partial charge in [-0.05, 0) is 228 Å². The molecule has 6 aromatic heterocycles. The predicted molar refractivity (Wildman–Crippen MR) is 577 cm³/mol. The molecule has 0 saturated heterocycles. The number of aryl methyl sites for hydroxylation is 1. The molecular weight excluding hydrogens is 1690 g/mol. The zero-order valence-corrected chi connectivity index (χ0v) is 88.3. The summed E-state index contributed by atoms with van der Waals surface area (Å²) in [5.74, 6) is -0.671. The fourth-order valence-corrected chi connectivity index (χ4v) is 16.7. The molecule has 2 aliphatic heterocycles. The Morgan fingerprint density at radius 2 is 0.905 bits per heavy atom. The summed E-state index contributed by atoms with van der Waals surface area (Å²) >= 11 is 0. The van der Waals surface area contributed by atoms with Gasteiger partial charge in [-0.1, -0.05) is 295 Å². The van der Waals surface area contributed by atoms with Crippen LogP contribution in [0.3, 0.4) is 0 Å². The lowest BCUT2D eigenvalue weighted by Crippen LogP contribution is -2.38. The van der Waals surface area contributed by atoms with E-state index in [0.29, 0.717) is 24.3 Å². The molecule has 8 heterocycles. The van der Waals surface area contributed by atoms with E-state index in [9.17, 15) is 24.0 Å². The molecule has 17 nitrogen and oxygen atoms in total. The maximum Gasteiger partial charge on any atom is 0.340 e. The first kappa shape index (κ1) is 107. The van der Waals surface area contributed by atoms with Gasteiger partial charge in [0.25, 0.3) is 5.91 Å². The number of aromatic nitrogens is 6. The summed E-state index contributed by atoms with van der Waals surface area (Å²) in [6, 6.07) is 70.6. The van der Waals surface area contributed by atoms with Crippen LogP contribution in [0.5, 0.6) is 0 Å². The molecule has 0 unspecified atom stereocenters. The zero-order chi connectivity index (χ0) is 101. The van der Waals surface area contributed by atoms with Crippen LogP contribution in [0.25, 0.3) is 65.4 Å². The highest BCUT2D eigenvalue weighted by Crippen LogP contribution is 2.41. The molecule has 0 aliphatic carbocycles. The average Bonchev–Trinajstić information content (AvgIpc) is 1.61. The average molecular weight is 1850 g/mol. The highest BCUT2D eigenvalue weighted by molar-refractivity contribution is 6.06. The third-order valence-electron chi connectivity index (χ3n) is 25.5. The molecule has 137 heavy (non-hydrogen) atoms. The Morgan fingerprint density at radius 3 is 1.44 bits per heavy atom. The lowest BCUT2D eigenvalue weighted by molar-refractivity contribution is -0.128. The van der Waals surface area contributed by atoms with E-state index in [1.54, 1.807) is 36.4 Å². The van der Waals surface area contributed by atoms with Crippen molar-refractivity contribution in [3.63, 3.8) is 0 Å². The minimum absolute atomic E-state index is 0.000540. The summed E-state index contributed by atoms with van der Waals surface area (Å²) in [4.78, 5) is 67.7. The van der Waals surface area contributed by atoms with Crippen molar-refractivity contribution in [3.8, 4) is 0 Å². The van der Waals surface area contributed by atoms with Crippen molar-refractivity contribution in [3.05, 3.63) is 310 Å². The van der Waals surface area contributed by atoms with E-state index in [2.05, 4.69) is 386 Å². The number of nitrogens with zero attached hydrogens (tertiary/aromatic N) is 5. The molecule has 0 fully saturated rings. The van der Waals surface area contributed by atoms with Gasteiger partial charge in [0.1, 0.15) is 6.54 Å². The van der Waals surface area contributed by atoms with Crippen LogP contribution < -0.4 is 16.0 Å². The number of hydrogen-bond donors (Lipinski definition) is 5. The molecule has 9 aromatic carbocycles. The van der Waals surface area contributed by atoms with Gasteiger partial charge >= 0.3 is 11.9 Å². The van der Waals surface area contributed by atoms with Crippen LogP contribution in [0, 0.1) is 0 Å². The third kappa shape index (κ3) is 27.5. The summed E-state index contributed by atoms with van der Waals surface area (Å²) in [7, 11) is 5.44. The van der Waals surface area contributed by atoms with Gasteiger partial charge in [-0.15, -0.1) is 0 Å². The molecule has 0 atom stereocenters. The van der Waals surface area contributed by atoms with E-state index >= 15 is 0 Å². The fraction of sp³-hybridized carbons (Fsp3) is 0.408. The summed E-state index contributed by atoms with van der Waals surface area (Å²) in [5, 5.41) is 16.4. The number of fused-ring (bicyclic) bond motifs is 8. The van der Waals surface area contributed by atoms with Crippen LogP contribution >= 0.6 is 0 Å². The van der Waals surface area contributed by atoms with Crippen LogP contribution in [0.1, 0.15) is 292 Å². The highest BCUT2D eigenvalue weighted by atomic mass is 16.5. The number of carbonyl (C=O) groups is 5. The summed E-state index contributed by atoms with van der Waals surface area (Å²) in [6.07, 6.45) is 12.8. The molecule has 17 heteroatoms. The van der Waals surface area contributed by atoms with Crippen LogP contribution in [0.15, 0.2) is 237 Å². The fourth-order valence-electron chi connectivity index (χ4n) is 16.7. The summed E-state index contributed by atoms with van der Waals surface area (Å²) in [6.45, 7) is 66.7. The summed E-state index contributed by atoms with van der Waals surface area (Å²) < 4.78 is 18.1. The van der Waals surface area contributed by atoms with E-state index in [1.165, 1.54) is 94.6 Å². The number of nitrogens with one attached hydrogen (secondary N) is 5. The maximum atomic E-state index is 12.5. The second kappa shape index (κ2) is 43.5. The molecule has 1 amide bonds. The quantitative estimate of drug-likeness (QED) is 0.0823. The van der Waals surface area contributed by atoms with Crippen molar-refractivity contribution >= 4 is 106 Å². The van der Waals surface area contributed by atoms with Crippen LogP contribution in [0.2, 0.25) is 0 Å². The smallest absolute Gasteiger partial charge is 0.340 e. The van der Waals surface area contributed by atoms with Crippen LogP contribution in [-0.4, -0.2) is 116 Å². The van der Waals surface area contributed by atoms with E-state index in [-0.39, 0.29) is 91.5 Å². The largest absolute Gasteiger partial charge is 0.462 e. The van der Waals surface area contributed by atoms with Gasteiger partial charge in [0.15, 0.2) is 0 Å². The van der Waals surface area contributed by atoms with E-state index < -0.39 is 0 Å². The molecule has 0 bridgehead atoms. The Balaban J connectivity index is 0.000000163. The van der Waals surface area contributed by atoms with Crippen molar-refractivity contribution in [2.24, 2.45) is 7.05 Å². The summed E-state index contributed by atoms with van der Waals surface area (Å²) in [5.41, 5.74) is 26.0. The molecule has 5 N–H and O–H groups in total. The van der Waals surface area contributed by atoms with E-state index in [0.717, 1.165) is 74.4 Å². The van der Waals surface area contributed by atoms with Crippen molar-refractivity contribution in [2.45, 2.75) is 262 Å². The Labute approximate surface area is 816 Å². The van der Waals surface area contributed by atoms with Crippen molar-refractivity contribution in [1.29, 1.82) is 0 Å². The molecular formula is C120H156N10O7. The number of esters is 2. The van der Waals surface area contributed by atoms with Crippen molar-refractivity contribution < 1.29 is 33.4 Å². The van der Waals surface area contributed by atoms with Gasteiger partial charge in [-0.25, -0.2) is 9.59 Å². The number of ether oxygens (including phenoxy) is 2. The standard InChI is InChI=1S/C19H21N.C18H25N3O2.2C15H19NO2.C14H17NO.C14H21N.C13H17N.C12H17N/c1-19(2,3)17-10-9-16-11-12-20(18(16)13-17)14-15-7-5-4-6-8-15;1-18(2,3)14-7-6-13-8-9-21(15(13)10-14)17(23)12-20(5)16(22)11-19-4;1-5-18-14(17)12-8-10(15(2,3)4)9-13-11(12)6-7-16-13;1-5-18-14(17)12-11(15(2,3)4)7-6-10-8-9-16-13(10)12;1-10(16)15-8-7-11-5-6-12(9-13(11)15)14(2,3)4;1-13(2,3)10-6-7-11-12(8-10)15-9-14(11,4)5;1-13(2,3)11-6-5-10-7-8-14(4)12(10)9-11;1-12(2,3)10-5-4-9-6-7-13-11(9)8-10/h4-13H,14H2,1-3H3;6-10,19H,11-12H2,1-5H3;2*6-9,16H,5H2,1-4H3;5-9H,1-4H3;6-8,15H,9H2,1-5H3;5-9H,1-4H3;4-5,8,13H,6-7H2,1-3H3. The number of likely N-dealkylation sites (N-methyl/N-ethyl adjacent to an activating group) is 2. The Kier molecular flexibility index (Phi) is 33.8. The van der Waals surface area contributed by atoms with Gasteiger partial charge in [0.05, 0.1) is 47.4 Å². The Bertz CT molecular complexity index is 6690. The molecule has 728 valence electrons. The molecule has 0 spiro atoms. The number of aromatic amines is 2. The predicted octanol–water partition coefficient (Wildman–Crippen LogP) is 28.2. The first-order valence-corrected chi connectivity index (χ1v) is 48.6.